The molecule has 23 heavy (non-hydrogen) atoms. The molecule has 6 nitrogen and oxygen atoms in total. The number of fused-ring (bicyclic) bond motifs is 1. The summed E-state index contributed by atoms with van der Waals surface area (Å²) in [5.74, 6) is 1.54. The van der Waals surface area contributed by atoms with E-state index in [1.807, 2.05) is 27.9 Å². The van der Waals surface area contributed by atoms with Gasteiger partial charge in [0.25, 0.3) is 0 Å². The van der Waals surface area contributed by atoms with E-state index in [0.717, 1.165) is 43.9 Å². The number of carbonyl (C=O) groups excluding carboxylic acids is 1. The van der Waals surface area contributed by atoms with Crippen molar-refractivity contribution in [3.63, 3.8) is 0 Å². The number of rotatable bonds is 3. The molecular formula is C17H27N3O3. The number of aryl methyl sites for hydroxylation is 2. The van der Waals surface area contributed by atoms with E-state index in [2.05, 4.69) is 10.1 Å². The molecule has 0 bridgehead atoms. The Morgan fingerprint density at radius 3 is 2.83 bits per heavy atom. The Hall–Kier alpha value is -1.40. The second-order valence-electron chi connectivity index (χ2n) is 7.12. The number of hydrogen-bond acceptors (Lipinski definition) is 5. The van der Waals surface area contributed by atoms with Crippen molar-refractivity contribution in [1.82, 2.24) is 15.0 Å². The first kappa shape index (κ1) is 16.5. The summed E-state index contributed by atoms with van der Waals surface area (Å²) in [5, 5.41) is 4.04. The maximum atomic E-state index is 12.2. The second kappa shape index (κ2) is 6.61. The third kappa shape index (κ3) is 3.43. The molecular weight excluding hydrogens is 294 g/mol. The van der Waals surface area contributed by atoms with E-state index in [0.29, 0.717) is 18.6 Å². The van der Waals surface area contributed by atoms with Gasteiger partial charge in [0.05, 0.1) is 24.3 Å². The Morgan fingerprint density at radius 2 is 2.17 bits per heavy atom. The number of ether oxygens (including phenoxy) is 1. The van der Waals surface area contributed by atoms with Crippen LogP contribution in [0, 0.1) is 25.7 Å². The summed E-state index contributed by atoms with van der Waals surface area (Å²) in [6.45, 7) is 7.41. The fourth-order valence-electron chi connectivity index (χ4n) is 3.84. The van der Waals surface area contributed by atoms with E-state index in [1.165, 1.54) is 5.56 Å². The first-order valence-electron chi connectivity index (χ1n) is 8.42. The minimum Gasteiger partial charge on any atom is -0.377 e. The summed E-state index contributed by atoms with van der Waals surface area (Å²) >= 11 is 0. The van der Waals surface area contributed by atoms with Crippen molar-refractivity contribution >= 4 is 5.91 Å². The van der Waals surface area contributed by atoms with Crippen LogP contribution in [-0.4, -0.2) is 60.8 Å². The fourth-order valence-corrected chi connectivity index (χ4v) is 3.84. The molecule has 0 aliphatic carbocycles. The number of piperidine rings is 1. The van der Waals surface area contributed by atoms with E-state index < -0.39 is 0 Å². The van der Waals surface area contributed by atoms with Gasteiger partial charge in [-0.1, -0.05) is 5.16 Å². The molecule has 0 radical (unpaired) electrons. The summed E-state index contributed by atoms with van der Waals surface area (Å²) in [7, 11) is 3.64. The van der Waals surface area contributed by atoms with Crippen LogP contribution in [0.15, 0.2) is 4.52 Å². The van der Waals surface area contributed by atoms with E-state index in [9.17, 15) is 4.79 Å². The third-order valence-corrected chi connectivity index (χ3v) is 5.20. The highest BCUT2D eigenvalue weighted by atomic mass is 16.5. The summed E-state index contributed by atoms with van der Waals surface area (Å²) in [5.41, 5.74) is 2.17. The molecule has 3 rings (SSSR count). The van der Waals surface area contributed by atoms with Gasteiger partial charge in [0.2, 0.25) is 5.91 Å². The molecule has 2 aliphatic rings. The Kier molecular flexibility index (Phi) is 4.73. The van der Waals surface area contributed by atoms with Crippen molar-refractivity contribution in [3.8, 4) is 0 Å². The van der Waals surface area contributed by atoms with Gasteiger partial charge in [-0.25, -0.2) is 0 Å². The first-order chi connectivity index (χ1) is 11.0. The van der Waals surface area contributed by atoms with Gasteiger partial charge in [-0.2, -0.15) is 0 Å². The number of carbonyl (C=O) groups is 1. The molecule has 1 aromatic rings. The fraction of sp³-hybridized carbons (Fsp3) is 0.765. The lowest BCUT2D eigenvalue weighted by molar-refractivity contribution is -0.146. The largest absolute Gasteiger partial charge is 0.377 e. The molecule has 0 N–H and O–H groups in total. The minimum absolute atomic E-state index is 0.00487. The van der Waals surface area contributed by atoms with Crippen molar-refractivity contribution in [2.24, 2.45) is 11.8 Å². The Balaban J connectivity index is 1.62. The van der Waals surface area contributed by atoms with E-state index in [4.69, 9.17) is 9.26 Å². The van der Waals surface area contributed by atoms with Crippen molar-refractivity contribution in [3.05, 3.63) is 17.0 Å². The maximum absolute atomic E-state index is 12.2. The highest BCUT2D eigenvalue weighted by molar-refractivity contribution is 5.78. The van der Waals surface area contributed by atoms with Gasteiger partial charge in [0, 0.05) is 39.3 Å². The number of amides is 1. The Morgan fingerprint density at radius 1 is 1.39 bits per heavy atom. The monoisotopic (exact) mass is 321 g/mol. The molecule has 2 fully saturated rings. The quantitative estimate of drug-likeness (QED) is 0.846. The summed E-state index contributed by atoms with van der Waals surface area (Å²) in [6, 6.07) is 0. The van der Waals surface area contributed by atoms with Crippen LogP contribution in [-0.2, 0) is 16.1 Å². The van der Waals surface area contributed by atoms with Crippen LogP contribution in [0.4, 0.5) is 0 Å². The highest BCUT2D eigenvalue weighted by Gasteiger charge is 2.38. The SMILES string of the molecule is Cc1noc(C)c1CN1CC[C@H]2OC[C@@H](C(=O)N(C)C)C[C@H]2C1. The lowest BCUT2D eigenvalue weighted by Gasteiger charge is -2.43. The van der Waals surface area contributed by atoms with Gasteiger partial charge >= 0.3 is 0 Å². The zero-order valence-corrected chi connectivity index (χ0v) is 14.5. The van der Waals surface area contributed by atoms with Crippen LogP contribution in [0.3, 0.4) is 0 Å². The van der Waals surface area contributed by atoms with E-state index in [-0.39, 0.29) is 11.8 Å². The number of hydrogen-bond donors (Lipinski definition) is 0. The summed E-state index contributed by atoms with van der Waals surface area (Å²) in [6.07, 6.45) is 2.28. The van der Waals surface area contributed by atoms with Crippen molar-refractivity contribution < 1.29 is 14.1 Å². The molecule has 2 aliphatic heterocycles. The third-order valence-electron chi connectivity index (χ3n) is 5.20. The predicted molar refractivity (Wildman–Crippen MR) is 85.9 cm³/mol. The molecule has 6 heteroatoms. The molecule has 3 atom stereocenters. The molecule has 0 aromatic carbocycles. The van der Waals surface area contributed by atoms with Crippen LogP contribution < -0.4 is 0 Å². The van der Waals surface area contributed by atoms with Crippen LogP contribution >= 0.6 is 0 Å². The van der Waals surface area contributed by atoms with Crippen molar-refractivity contribution in [1.29, 1.82) is 0 Å². The smallest absolute Gasteiger partial charge is 0.227 e. The molecule has 1 aromatic heterocycles. The zero-order chi connectivity index (χ0) is 16.6. The summed E-state index contributed by atoms with van der Waals surface area (Å²) in [4.78, 5) is 16.3. The average molecular weight is 321 g/mol. The molecule has 1 amide bonds. The summed E-state index contributed by atoms with van der Waals surface area (Å²) < 4.78 is 11.3. The van der Waals surface area contributed by atoms with Crippen molar-refractivity contribution in [2.75, 3.05) is 33.8 Å². The number of likely N-dealkylation sites (tertiary alicyclic amines) is 1. The number of aromatic nitrogens is 1. The normalized spacial score (nSPS) is 28.4. The van der Waals surface area contributed by atoms with E-state index >= 15 is 0 Å². The lowest BCUT2D eigenvalue weighted by atomic mass is 9.83. The maximum Gasteiger partial charge on any atom is 0.227 e. The van der Waals surface area contributed by atoms with Crippen LogP contribution in [0.2, 0.25) is 0 Å². The molecule has 128 valence electrons. The standard InChI is InChI=1S/C17H27N3O3/c1-11-15(12(2)23-18-11)9-20-6-5-16-13(8-20)7-14(10-22-16)17(21)19(3)4/h13-14,16H,5-10H2,1-4H3/t13-,14-,16+/m0/s1. The highest BCUT2D eigenvalue weighted by Crippen LogP contribution is 2.33. The van der Waals surface area contributed by atoms with Crippen molar-refractivity contribution in [2.45, 2.75) is 39.3 Å². The molecule has 3 heterocycles. The number of nitrogens with zero attached hydrogens (tertiary/aromatic N) is 3. The zero-order valence-electron chi connectivity index (χ0n) is 14.5. The van der Waals surface area contributed by atoms with Crippen LogP contribution in [0.1, 0.15) is 29.9 Å². The van der Waals surface area contributed by atoms with E-state index in [1.54, 1.807) is 4.90 Å². The van der Waals surface area contributed by atoms with Gasteiger partial charge in [-0.05, 0) is 32.6 Å². The van der Waals surface area contributed by atoms with Crippen LogP contribution in [0.25, 0.3) is 0 Å². The average Bonchev–Trinajstić information content (AvgIpc) is 2.85. The second-order valence-corrected chi connectivity index (χ2v) is 7.12. The Bertz CT molecular complexity index is 550. The minimum atomic E-state index is 0.00487. The van der Waals surface area contributed by atoms with Gasteiger partial charge < -0.3 is 14.2 Å². The molecule has 0 saturated carbocycles. The lowest BCUT2D eigenvalue weighted by Crippen LogP contribution is -2.50. The van der Waals surface area contributed by atoms with Gasteiger partial charge in [0.1, 0.15) is 5.76 Å². The molecule has 0 unspecified atom stereocenters. The topological polar surface area (TPSA) is 58.8 Å². The predicted octanol–water partition coefficient (Wildman–Crippen LogP) is 1.61. The molecule has 2 saturated heterocycles. The molecule has 0 spiro atoms. The van der Waals surface area contributed by atoms with Gasteiger partial charge in [-0.3, -0.25) is 9.69 Å². The van der Waals surface area contributed by atoms with Gasteiger partial charge in [0.15, 0.2) is 0 Å². The Labute approximate surface area is 137 Å². The van der Waals surface area contributed by atoms with Gasteiger partial charge in [-0.15, -0.1) is 0 Å². The van der Waals surface area contributed by atoms with Crippen LogP contribution in [0.5, 0.6) is 0 Å². The first-order valence-corrected chi connectivity index (χ1v) is 8.42.